The lowest BCUT2D eigenvalue weighted by molar-refractivity contribution is -0.510. The highest BCUT2D eigenvalue weighted by atomic mass is 15.4. The summed E-state index contributed by atoms with van der Waals surface area (Å²) < 4.78 is 4.14. The van der Waals surface area contributed by atoms with Gasteiger partial charge in [-0.3, -0.25) is 0 Å². The molecule has 2 aromatic rings. The molecule has 0 aliphatic carbocycles. The lowest BCUT2D eigenvalue weighted by atomic mass is 10.5. The average molecular weight is 243 g/mol. The first-order valence-corrected chi connectivity index (χ1v) is 5.88. The maximum atomic E-state index is 4.20. The molecule has 0 atom stereocenters. The van der Waals surface area contributed by atoms with Crippen molar-refractivity contribution in [2.75, 3.05) is 13.1 Å². The molecule has 0 saturated carbocycles. The van der Waals surface area contributed by atoms with Crippen molar-refractivity contribution in [3.8, 4) is 0 Å². The smallest absolute Gasteiger partial charge is 0.286 e. The summed E-state index contributed by atoms with van der Waals surface area (Å²) in [5, 5.41) is 7.27. The number of aliphatic imine (C=N–C) groups is 1. The average Bonchev–Trinajstić information content (AvgIpc) is 3.00. The van der Waals surface area contributed by atoms with Gasteiger partial charge in [0.25, 0.3) is 5.65 Å². The number of hydrogen-bond acceptors (Lipinski definition) is 4. The van der Waals surface area contributed by atoms with Crippen LogP contribution in [0.4, 0.5) is 0 Å². The molecule has 1 aliphatic rings. The molecule has 0 aromatic carbocycles. The molecular formula is C12H15N6+. The predicted molar refractivity (Wildman–Crippen MR) is 69.6 cm³/mol. The fraction of sp³-hybridized carbons (Fsp3) is 0.250. The third-order valence-corrected chi connectivity index (χ3v) is 2.91. The summed E-state index contributed by atoms with van der Waals surface area (Å²) in [5.74, 6) is 0.734. The molecule has 2 aromatic heterocycles. The minimum atomic E-state index is 0.734. The first kappa shape index (κ1) is 10.8. The molecule has 0 fully saturated rings. The van der Waals surface area contributed by atoms with Crippen LogP contribution in [0, 0.1) is 0 Å². The number of aryl methyl sites for hydroxylation is 1. The Morgan fingerprint density at radius 2 is 2.50 bits per heavy atom. The van der Waals surface area contributed by atoms with Crippen molar-refractivity contribution >= 4 is 17.8 Å². The second-order valence-electron chi connectivity index (χ2n) is 4.11. The van der Waals surface area contributed by atoms with Gasteiger partial charge in [0.2, 0.25) is 5.96 Å². The van der Waals surface area contributed by atoms with Crippen molar-refractivity contribution in [3.05, 3.63) is 36.3 Å². The van der Waals surface area contributed by atoms with Crippen LogP contribution >= 0.6 is 0 Å². The molecule has 3 rings (SSSR count). The second kappa shape index (κ2) is 4.48. The van der Waals surface area contributed by atoms with Gasteiger partial charge in [-0.15, -0.1) is 0 Å². The van der Waals surface area contributed by atoms with E-state index < -0.39 is 0 Å². The lowest BCUT2D eigenvalue weighted by Gasteiger charge is -1.97. The molecule has 6 nitrogen and oxygen atoms in total. The van der Waals surface area contributed by atoms with Gasteiger partial charge in [0.05, 0.1) is 26.0 Å². The van der Waals surface area contributed by atoms with Gasteiger partial charge in [-0.05, 0) is 6.07 Å². The highest BCUT2D eigenvalue weighted by molar-refractivity contribution is 5.83. The van der Waals surface area contributed by atoms with Gasteiger partial charge in [0.1, 0.15) is 6.20 Å². The first-order chi connectivity index (χ1) is 8.84. The van der Waals surface area contributed by atoms with Crippen LogP contribution in [0.3, 0.4) is 0 Å². The van der Waals surface area contributed by atoms with Crippen molar-refractivity contribution in [1.29, 1.82) is 0 Å². The molecule has 3 heterocycles. The molecule has 0 amide bonds. The molecule has 2 N–H and O–H groups in total. The van der Waals surface area contributed by atoms with E-state index in [0.29, 0.717) is 0 Å². The van der Waals surface area contributed by atoms with E-state index in [2.05, 4.69) is 35.9 Å². The van der Waals surface area contributed by atoms with E-state index in [-0.39, 0.29) is 0 Å². The van der Waals surface area contributed by atoms with Crippen LogP contribution in [-0.4, -0.2) is 29.8 Å². The van der Waals surface area contributed by atoms with Crippen LogP contribution in [0.15, 0.2) is 40.7 Å². The second-order valence-corrected chi connectivity index (χ2v) is 4.11. The van der Waals surface area contributed by atoms with Crippen molar-refractivity contribution in [2.45, 2.75) is 0 Å². The summed E-state index contributed by atoms with van der Waals surface area (Å²) in [4.78, 5) is 4.20. The Balaban J connectivity index is 1.81. The third-order valence-electron chi connectivity index (χ3n) is 2.91. The standard InChI is InChI=1S/C12H15N6/c1-17-10(8-15-16-12-13-5-6-14-12)9-18-7-3-2-4-11(17)18/h2-4,7-9H,5-6H2,1H3,(H2,13,14,16)/q+1. The van der Waals surface area contributed by atoms with Crippen LogP contribution in [0.2, 0.25) is 0 Å². The maximum Gasteiger partial charge on any atom is 0.286 e. The number of rotatable bonds is 2. The van der Waals surface area contributed by atoms with Crippen LogP contribution in [0.5, 0.6) is 0 Å². The molecule has 0 spiro atoms. The Kier molecular flexibility index (Phi) is 2.68. The van der Waals surface area contributed by atoms with Gasteiger partial charge in [0, 0.05) is 12.6 Å². The first-order valence-electron chi connectivity index (χ1n) is 5.88. The van der Waals surface area contributed by atoms with Crippen LogP contribution < -0.4 is 15.1 Å². The van der Waals surface area contributed by atoms with Gasteiger partial charge < -0.3 is 5.32 Å². The topological polar surface area (TPSA) is 57.8 Å². The molecule has 1 aliphatic heterocycles. The summed E-state index contributed by atoms with van der Waals surface area (Å²) in [7, 11) is 2.02. The Bertz CT molecular complexity index is 625. The highest BCUT2D eigenvalue weighted by Crippen LogP contribution is 2.00. The van der Waals surface area contributed by atoms with Crippen LogP contribution in [0.25, 0.3) is 5.65 Å². The fourth-order valence-electron chi connectivity index (χ4n) is 1.95. The van der Waals surface area contributed by atoms with E-state index in [1.807, 2.05) is 31.6 Å². The Hall–Kier alpha value is -2.37. The molecule has 92 valence electrons. The minimum Gasteiger partial charge on any atom is -0.353 e. The summed E-state index contributed by atoms with van der Waals surface area (Å²) in [6.45, 7) is 1.68. The maximum absolute atomic E-state index is 4.20. The number of fused-ring (bicyclic) bond motifs is 1. The minimum absolute atomic E-state index is 0.734. The number of aromatic nitrogens is 2. The molecule has 6 heteroatoms. The van der Waals surface area contributed by atoms with Crippen LogP contribution in [-0.2, 0) is 7.05 Å². The van der Waals surface area contributed by atoms with Crippen LogP contribution in [0.1, 0.15) is 5.69 Å². The van der Waals surface area contributed by atoms with Gasteiger partial charge in [-0.2, -0.15) is 5.10 Å². The SMILES string of the molecule is Cn1c(C=NNC2=NCCN2)c[n+]2ccccc12. The summed E-state index contributed by atoms with van der Waals surface area (Å²) in [6.07, 6.45) is 5.84. The van der Waals surface area contributed by atoms with E-state index in [1.165, 1.54) is 0 Å². The van der Waals surface area contributed by atoms with Crippen molar-refractivity contribution in [1.82, 2.24) is 15.3 Å². The van der Waals surface area contributed by atoms with Crippen molar-refractivity contribution in [2.24, 2.45) is 17.1 Å². The number of nitrogens with zero attached hydrogens (tertiary/aromatic N) is 4. The van der Waals surface area contributed by atoms with E-state index in [9.17, 15) is 0 Å². The van der Waals surface area contributed by atoms with E-state index in [4.69, 9.17) is 0 Å². The number of guanidine groups is 1. The summed E-state index contributed by atoms with van der Waals surface area (Å²) >= 11 is 0. The number of hydrogen-bond donors (Lipinski definition) is 2. The third kappa shape index (κ3) is 1.92. The van der Waals surface area contributed by atoms with E-state index in [0.717, 1.165) is 30.4 Å². The van der Waals surface area contributed by atoms with Gasteiger partial charge in [-0.1, -0.05) is 6.07 Å². The fourth-order valence-corrected chi connectivity index (χ4v) is 1.95. The Morgan fingerprint density at radius 1 is 1.56 bits per heavy atom. The summed E-state index contributed by atoms with van der Waals surface area (Å²) in [6, 6.07) is 6.09. The summed E-state index contributed by atoms with van der Waals surface area (Å²) in [5.41, 5.74) is 5.03. The largest absolute Gasteiger partial charge is 0.353 e. The van der Waals surface area contributed by atoms with Gasteiger partial charge in [-0.25, -0.2) is 19.4 Å². The monoisotopic (exact) mass is 243 g/mol. The molecule has 0 unspecified atom stereocenters. The molecule has 0 bridgehead atoms. The normalized spacial score (nSPS) is 15.1. The molecule has 0 radical (unpaired) electrons. The lowest BCUT2D eigenvalue weighted by Crippen LogP contribution is -2.30. The number of hydrazone groups is 1. The zero-order valence-electron chi connectivity index (χ0n) is 10.2. The van der Waals surface area contributed by atoms with Crippen molar-refractivity contribution < 1.29 is 4.40 Å². The Labute approximate surface area is 105 Å². The molecule has 18 heavy (non-hydrogen) atoms. The number of pyridine rings is 1. The van der Waals surface area contributed by atoms with Gasteiger partial charge >= 0.3 is 0 Å². The van der Waals surface area contributed by atoms with Crippen molar-refractivity contribution in [3.63, 3.8) is 0 Å². The van der Waals surface area contributed by atoms with E-state index >= 15 is 0 Å². The number of nitrogens with one attached hydrogen (secondary N) is 2. The zero-order chi connectivity index (χ0) is 12.4. The zero-order valence-corrected chi connectivity index (χ0v) is 10.2. The highest BCUT2D eigenvalue weighted by Gasteiger charge is 2.11. The Morgan fingerprint density at radius 3 is 3.28 bits per heavy atom. The number of imidazole rings is 1. The quantitative estimate of drug-likeness (QED) is 0.430. The molecule has 0 saturated heterocycles. The molecular weight excluding hydrogens is 228 g/mol. The van der Waals surface area contributed by atoms with Gasteiger partial charge in [0.15, 0.2) is 5.69 Å². The van der Waals surface area contributed by atoms with E-state index in [1.54, 1.807) is 6.21 Å². The predicted octanol–water partition coefficient (Wildman–Crippen LogP) is -0.353.